The number of rotatable bonds is 3. The van der Waals surface area contributed by atoms with Gasteiger partial charge in [0, 0.05) is 29.4 Å². The van der Waals surface area contributed by atoms with Gasteiger partial charge in [0.1, 0.15) is 0 Å². The molecule has 0 aliphatic carbocycles. The molecular formula is C12H20N2OS. The van der Waals surface area contributed by atoms with Gasteiger partial charge in [-0.15, -0.1) is 11.3 Å². The zero-order valence-corrected chi connectivity index (χ0v) is 10.8. The Bertz CT molecular complexity index is 362. The van der Waals surface area contributed by atoms with E-state index in [2.05, 4.69) is 24.0 Å². The van der Waals surface area contributed by atoms with Crippen molar-refractivity contribution in [3.63, 3.8) is 0 Å². The minimum absolute atomic E-state index is 0.271. The van der Waals surface area contributed by atoms with Crippen LogP contribution in [-0.2, 0) is 0 Å². The van der Waals surface area contributed by atoms with Crippen LogP contribution < -0.4 is 5.73 Å². The highest BCUT2D eigenvalue weighted by atomic mass is 32.1. The SMILES string of the molecule is Cc1ccc(C(CN)N2CCC(C)(O)C2)s1. The third-order valence-corrected chi connectivity index (χ3v) is 4.34. The Morgan fingerprint density at radius 3 is 2.81 bits per heavy atom. The predicted octanol–water partition coefficient (Wildman–Crippen LogP) is 1.51. The third kappa shape index (κ3) is 2.46. The molecule has 4 heteroatoms. The van der Waals surface area contributed by atoms with Crippen LogP contribution in [0.25, 0.3) is 0 Å². The Labute approximate surface area is 101 Å². The molecule has 1 aromatic rings. The highest BCUT2D eigenvalue weighted by Gasteiger charge is 2.35. The summed E-state index contributed by atoms with van der Waals surface area (Å²) in [5.41, 5.74) is 5.32. The Kier molecular flexibility index (Phi) is 3.35. The maximum absolute atomic E-state index is 9.98. The summed E-state index contributed by atoms with van der Waals surface area (Å²) in [5, 5.41) is 9.98. The fraction of sp³-hybridized carbons (Fsp3) is 0.667. The van der Waals surface area contributed by atoms with E-state index in [1.165, 1.54) is 9.75 Å². The molecule has 90 valence electrons. The lowest BCUT2D eigenvalue weighted by molar-refractivity contribution is 0.0629. The van der Waals surface area contributed by atoms with Crippen LogP contribution in [0.5, 0.6) is 0 Å². The molecule has 1 fully saturated rings. The topological polar surface area (TPSA) is 49.5 Å². The zero-order valence-electron chi connectivity index (χ0n) is 9.94. The summed E-state index contributed by atoms with van der Waals surface area (Å²) in [7, 11) is 0. The number of nitrogens with two attached hydrogens (primary N) is 1. The number of hydrogen-bond acceptors (Lipinski definition) is 4. The highest BCUT2D eigenvalue weighted by Crippen LogP contribution is 2.32. The van der Waals surface area contributed by atoms with Gasteiger partial charge in [-0.1, -0.05) is 0 Å². The monoisotopic (exact) mass is 240 g/mol. The first-order valence-corrected chi connectivity index (χ1v) is 6.56. The number of aryl methyl sites for hydroxylation is 1. The summed E-state index contributed by atoms with van der Waals surface area (Å²) in [5.74, 6) is 0. The van der Waals surface area contributed by atoms with E-state index in [1.807, 2.05) is 6.92 Å². The summed E-state index contributed by atoms with van der Waals surface area (Å²) in [4.78, 5) is 4.93. The average Bonchev–Trinajstić information content (AvgIpc) is 2.75. The maximum Gasteiger partial charge on any atom is 0.0758 e. The molecule has 2 rings (SSSR count). The molecule has 1 aromatic heterocycles. The first kappa shape index (κ1) is 12.0. The van der Waals surface area contributed by atoms with Gasteiger partial charge in [-0.3, -0.25) is 4.90 Å². The summed E-state index contributed by atoms with van der Waals surface area (Å²) in [6.45, 7) is 6.30. The van der Waals surface area contributed by atoms with Gasteiger partial charge in [-0.05, 0) is 32.4 Å². The number of likely N-dealkylation sites (tertiary alicyclic amines) is 1. The van der Waals surface area contributed by atoms with Crippen molar-refractivity contribution in [3.8, 4) is 0 Å². The van der Waals surface area contributed by atoms with E-state index < -0.39 is 5.60 Å². The highest BCUT2D eigenvalue weighted by molar-refractivity contribution is 7.12. The molecule has 3 nitrogen and oxygen atoms in total. The fourth-order valence-electron chi connectivity index (χ4n) is 2.32. The van der Waals surface area contributed by atoms with E-state index in [4.69, 9.17) is 5.73 Å². The minimum Gasteiger partial charge on any atom is -0.389 e. The van der Waals surface area contributed by atoms with Gasteiger partial charge in [-0.2, -0.15) is 0 Å². The van der Waals surface area contributed by atoms with Crippen molar-refractivity contribution in [2.75, 3.05) is 19.6 Å². The van der Waals surface area contributed by atoms with Crippen LogP contribution in [0, 0.1) is 6.92 Å². The molecule has 3 N–H and O–H groups in total. The van der Waals surface area contributed by atoms with Gasteiger partial charge in [0.2, 0.25) is 0 Å². The van der Waals surface area contributed by atoms with E-state index in [1.54, 1.807) is 11.3 Å². The van der Waals surface area contributed by atoms with Gasteiger partial charge in [0.05, 0.1) is 11.6 Å². The van der Waals surface area contributed by atoms with Crippen LogP contribution in [0.2, 0.25) is 0 Å². The number of thiophene rings is 1. The molecule has 16 heavy (non-hydrogen) atoms. The molecule has 0 spiro atoms. The first-order valence-electron chi connectivity index (χ1n) is 5.75. The molecule has 0 saturated carbocycles. The molecule has 2 atom stereocenters. The van der Waals surface area contributed by atoms with Crippen molar-refractivity contribution in [1.82, 2.24) is 4.90 Å². The maximum atomic E-state index is 9.98. The smallest absolute Gasteiger partial charge is 0.0758 e. The summed E-state index contributed by atoms with van der Waals surface area (Å²) in [6, 6.07) is 4.56. The Morgan fingerprint density at radius 2 is 2.38 bits per heavy atom. The Hall–Kier alpha value is -0.420. The molecule has 1 aliphatic heterocycles. The van der Waals surface area contributed by atoms with Crippen LogP contribution in [-0.4, -0.2) is 35.2 Å². The number of aliphatic hydroxyl groups is 1. The van der Waals surface area contributed by atoms with Crippen LogP contribution >= 0.6 is 11.3 Å². The lowest BCUT2D eigenvalue weighted by Crippen LogP contribution is -2.35. The standard InChI is InChI=1S/C12H20N2OS/c1-9-3-4-11(16-9)10(7-13)14-6-5-12(2,15)8-14/h3-4,10,15H,5-8,13H2,1-2H3. The lowest BCUT2D eigenvalue weighted by atomic mass is 10.1. The number of β-amino-alcohol motifs (C(OH)–C–C–N with tert-alkyl or cyclic N) is 1. The minimum atomic E-state index is -0.542. The van der Waals surface area contributed by atoms with Crippen molar-refractivity contribution in [1.29, 1.82) is 0 Å². The average molecular weight is 240 g/mol. The zero-order chi connectivity index (χ0) is 11.8. The molecular weight excluding hydrogens is 220 g/mol. The van der Waals surface area contributed by atoms with E-state index >= 15 is 0 Å². The summed E-state index contributed by atoms with van der Waals surface area (Å²) < 4.78 is 0. The molecule has 2 heterocycles. The van der Waals surface area contributed by atoms with Crippen LogP contribution in [0.3, 0.4) is 0 Å². The second-order valence-corrected chi connectivity index (χ2v) is 6.24. The van der Waals surface area contributed by atoms with Crippen LogP contribution in [0.15, 0.2) is 12.1 Å². The summed E-state index contributed by atoms with van der Waals surface area (Å²) in [6.07, 6.45) is 0.841. The lowest BCUT2D eigenvalue weighted by Gasteiger charge is -2.26. The van der Waals surface area contributed by atoms with Crippen molar-refractivity contribution in [3.05, 3.63) is 21.9 Å². The van der Waals surface area contributed by atoms with Crippen molar-refractivity contribution >= 4 is 11.3 Å². The van der Waals surface area contributed by atoms with E-state index in [-0.39, 0.29) is 6.04 Å². The van der Waals surface area contributed by atoms with Gasteiger partial charge in [-0.25, -0.2) is 0 Å². The molecule has 0 bridgehead atoms. The van der Waals surface area contributed by atoms with Crippen molar-refractivity contribution < 1.29 is 5.11 Å². The molecule has 0 radical (unpaired) electrons. The van der Waals surface area contributed by atoms with Gasteiger partial charge in [0.25, 0.3) is 0 Å². The predicted molar refractivity (Wildman–Crippen MR) is 67.7 cm³/mol. The normalized spacial score (nSPS) is 28.5. The fourth-order valence-corrected chi connectivity index (χ4v) is 3.35. The van der Waals surface area contributed by atoms with Crippen LogP contribution in [0.1, 0.15) is 29.1 Å². The molecule has 1 aliphatic rings. The molecule has 1 saturated heterocycles. The number of hydrogen-bond donors (Lipinski definition) is 2. The Balaban J connectivity index is 2.12. The second kappa shape index (κ2) is 4.45. The molecule has 0 amide bonds. The van der Waals surface area contributed by atoms with E-state index in [0.29, 0.717) is 6.54 Å². The quantitative estimate of drug-likeness (QED) is 0.842. The second-order valence-electron chi connectivity index (χ2n) is 4.92. The third-order valence-electron chi connectivity index (χ3n) is 3.23. The van der Waals surface area contributed by atoms with Crippen LogP contribution in [0.4, 0.5) is 0 Å². The van der Waals surface area contributed by atoms with E-state index in [0.717, 1.165) is 19.5 Å². The summed E-state index contributed by atoms with van der Waals surface area (Å²) >= 11 is 1.80. The molecule has 2 unspecified atom stereocenters. The van der Waals surface area contributed by atoms with E-state index in [9.17, 15) is 5.11 Å². The van der Waals surface area contributed by atoms with Gasteiger partial charge in [0.15, 0.2) is 0 Å². The first-order chi connectivity index (χ1) is 7.52. The van der Waals surface area contributed by atoms with Crippen molar-refractivity contribution in [2.45, 2.75) is 31.9 Å². The van der Waals surface area contributed by atoms with Gasteiger partial charge >= 0.3 is 0 Å². The largest absolute Gasteiger partial charge is 0.389 e. The van der Waals surface area contributed by atoms with Gasteiger partial charge < -0.3 is 10.8 Å². The Morgan fingerprint density at radius 1 is 1.62 bits per heavy atom. The van der Waals surface area contributed by atoms with Crippen molar-refractivity contribution in [2.24, 2.45) is 5.73 Å². The number of nitrogens with zero attached hydrogens (tertiary/aromatic N) is 1. The molecule has 0 aromatic carbocycles.